The van der Waals surface area contributed by atoms with Crippen molar-refractivity contribution < 1.29 is 13.6 Å². The molecule has 1 amide bonds. The van der Waals surface area contributed by atoms with Crippen molar-refractivity contribution in [2.75, 3.05) is 5.75 Å². The van der Waals surface area contributed by atoms with Gasteiger partial charge in [-0.2, -0.15) is 0 Å². The Morgan fingerprint density at radius 2 is 1.89 bits per heavy atom. The molecule has 0 aliphatic carbocycles. The molecule has 7 heteroatoms. The second-order valence-electron chi connectivity index (χ2n) is 6.16. The quantitative estimate of drug-likeness (QED) is 0.591. The molecule has 1 atom stereocenters. The summed E-state index contributed by atoms with van der Waals surface area (Å²) in [5, 5.41) is 11.1. The summed E-state index contributed by atoms with van der Waals surface area (Å²) < 4.78 is 18.5. The Morgan fingerprint density at radius 1 is 1.15 bits per heavy atom. The van der Waals surface area contributed by atoms with Gasteiger partial charge in [-0.15, -0.1) is 10.2 Å². The Labute approximate surface area is 161 Å². The second-order valence-corrected chi connectivity index (χ2v) is 7.09. The third-order valence-corrected chi connectivity index (χ3v) is 4.76. The van der Waals surface area contributed by atoms with E-state index < -0.39 is 0 Å². The number of carbonyl (C=O) groups excluding carboxylic acids is 1. The van der Waals surface area contributed by atoms with Crippen molar-refractivity contribution in [1.29, 1.82) is 0 Å². The van der Waals surface area contributed by atoms with Gasteiger partial charge in [0, 0.05) is 11.6 Å². The van der Waals surface area contributed by atoms with Gasteiger partial charge in [-0.1, -0.05) is 42.1 Å². The molecule has 1 aromatic heterocycles. The molecule has 3 aromatic rings. The first-order chi connectivity index (χ1) is 13.1. The number of rotatable bonds is 8. The van der Waals surface area contributed by atoms with E-state index in [0.717, 1.165) is 12.8 Å². The highest BCUT2D eigenvalue weighted by Gasteiger charge is 2.13. The van der Waals surface area contributed by atoms with Gasteiger partial charge < -0.3 is 9.73 Å². The molecule has 1 heterocycles. The van der Waals surface area contributed by atoms with Crippen LogP contribution < -0.4 is 5.32 Å². The predicted molar refractivity (Wildman–Crippen MR) is 103 cm³/mol. The van der Waals surface area contributed by atoms with E-state index in [2.05, 4.69) is 27.6 Å². The van der Waals surface area contributed by atoms with E-state index in [-0.39, 0.29) is 23.5 Å². The average Bonchev–Trinajstić information content (AvgIpc) is 3.15. The molecule has 0 spiro atoms. The number of benzene rings is 2. The molecule has 27 heavy (non-hydrogen) atoms. The molecule has 0 aliphatic heterocycles. The highest BCUT2D eigenvalue weighted by Crippen LogP contribution is 2.23. The first-order valence-corrected chi connectivity index (χ1v) is 9.64. The van der Waals surface area contributed by atoms with Crippen molar-refractivity contribution >= 4 is 17.7 Å². The fraction of sp³-hybridized carbons (Fsp3) is 0.250. The number of aryl methyl sites for hydroxylation is 1. The molecular weight excluding hydrogens is 365 g/mol. The highest BCUT2D eigenvalue weighted by atomic mass is 32.2. The van der Waals surface area contributed by atoms with Crippen molar-refractivity contribution in [3.8, 4) is 11.5 Å². The van der Waals surface area contributed by atoms with E-state index in [9.17, 15) is 9.18 Å². The molecule has 0 unspecified atom stereocenters. The zero-order valence-electron chi connectivity index (χ0n) is 14.9. The second kappa shape index (κ2) is 9.32. The summed E-state index contributed by atoms with van der Waals surface area (Å²) in [6, 6.07) is 16.1. The van der Waals surface area contributed by atoms with Crippen LogP contribution in [-0.4, -0.2) is 27.9 Å². The van der Waals surface area contributed by atoms with Crippen LogP contribution in [0.4, 0.5) is 4.39 Å². The Hall–Kier alpha value is -2.67. The number of halogens is 1. The van der Waals surface area contributed by atoms with Crippen molar-refractivity contribution in [3.63, 3.8) is 0 Å². The van der Waals surface area contributed by atoms with E-state index >= 15 is 0 Å². The lowest BCUT2D eigenvalue weighted by molar-refractivity contribution is -0.119. The minimum atomic E-state index is -0.328. The fourth-order valence-electron chi connectivity index (χ4n) is 2.52. The molecular formula is C20H20FN3O2S. The predicted octanol–water partition coefficient (Wildman–Crippen LogP) is 4.11. The first kappa shape index (κ1) is 19.1. The van der Waals surface area contributed by atoms with Crippen LogP contribution in [0.5, 0.6) is 0 Å². The maximum Gasteiger partial charge on any atom is 0.277 e. The van der Waals surface area contributed by atoms with Crippen LogP contribution in [0.25, 0.3) is 11.5 Å². The van der Waals surface area contributed by atoms with Crippen molar-refractivity contribution in [3.05, 3.63) is 66.0 Å². The number of amides is 1. The minimum Gasteiger partial charge on any atom is -0.411 e. The maximum absolute atomic E-state index is 13.0. The van der Waals surface area contributed by atoms with Gasteiger partial charge in [0.2, 0.25) is 11.8 Å². The topological polar surface area (TPSA) is 68.0 Å². The summed E-state index contributed by atoms with van der Waals surface area (Å²) in [7, 11) is 0. The van der Waals surface area contributed by atoms with E-state index in [1.807, 2.05) is 25.1 Å². The number of hydrogen-bond donors (Lipinski definition) is 1. The Morgan fingerprint density at radius 3 is 2.63 bits per heavy atom. The molecule has 140 valence electrons. The number of carbonyl (C=O) groups is 1. The zero-order valence-corrected chi connectivity index (χ0v) is 15.7. The van der Waals surface area contributed by atoms with Crippen LogP contribution in [0.15, 0.2) is 64.2 Å². The van der Waals surface area contributed by atoms with E-state index in [0.29, 0.717) is 16.7 Å². The Kier molecular flexibility index (Phi) is 6.59. The summed E-state index contributed by atoms with van der Waals surface area (Å²) in [4.78, 5) is 12.1. The summed E-state index contributed by atoms with van der Waals surface area (Å²) in [6.45, 7) is 1.99. The van der Waals surface area contributed by atoms with Crippen molar-refractivity contribution in [1.82, 2.24) is 15.5 Å². The first-order valence-electron chi connectivity index (χ1n) is 8.65. The van der Waals surface area contributed by atoms with Crippen LogP contribution in [0, 0.1) is 5.82 Å². The summed E-state index contributed by atoms with van der Waals surface area (Å²) in [5.41, 5.74) is 1.89. The summed E-state index contributed by atoms with van der Waals surface area (Å²) in [6.07, 6.45) is 1.79. The largest absolute Gasteiger partial charge is 0.411 e. The minimum absolute atomic E-state index is 0.0794. The molecule has 0 fully saturated rings. The van der Waals surface area contributed by atoms with E-state index in [1.54, 1.807) is 12.1 Å². The Balaban J connectivity index is 1.43. The lowest BCUT2D eigenvalue weighted by Crippen LogP contribution is -2.34. The standard InChI is InChI=1S/C20H20FN3O2S/c1-14(7-8-15-5-3-2-4-6-15)22-18(25)13-27-20-24-23-19(26-20)16-9-11-17(21)12-10-16/h2-6,9-12,14H,7-8,13H2,1H3,(H,22,25)/t14-/m0/s1. The van der Waals surface area contributed by atoms with Crippen molar-refractivity contribution in [2.45, 2.75) is 31.0 Å². The fourth-order valence-corrected chi connectivity index (χ4v) is 3.10. The van der Waals surface area contributed by atoms with Crippen LogP contribution in [0.1, 0.15) is 18.9 Å². The van der Waals surface area contributed by atoms with Crippen LogP contribution in [0.3, 0.4) is 0 Å². The maximum atomic E-state index is 13.0. The molecule has 2 aromatic carbocycles. The van der Waals surface area contributed by atoms with Gasteiger partial charge >= 0.3 is 0 Å². The smallest absolute Gasteiger partial charge is 0.277 e. The Bertz CT molecular complexity index is 868. The number of nitrogens with zero attached hydrogens (tertiary/aromatic N) is 2. The third kappa shape index (κ3) is 5.92. The molecule has 5 nitrogen and oxygen atoms in total. The van der Waals surface area contributed by atoms with Crippen molar-refractivity contribution in [2.24, 2.45) is 0 Å². The van der Waals surface area contributed by atoms with Gasteiger partial charge in [0.25, 0.3) is 5.22 Å². The van der Waals surface area contributed by atoms with Crippen LogP contribution in [-0.2, 0) is 11.2 Å². The highest BCUT2D eigenvalue weighted by molar-refractivity contribution is 7.99. The normalized spacial score (nSPS) is 11.9. The average molecular weight is 385 g/mol. The van der Waals surface area contributed by atoms with Crippen LogP contribution in [0.2, 0.25) is 0 Å². The van der Waals surface area contributed by atoms with Gasteiger partial charge in [-0.25, -0.2) is 4.39 Å². The van der Waals surface area contributed by atoms with Gasteiger partial charge in [0.05, 0.1) is 5.75 Å². The van der Waals surface area contributed by atoms with Crippen LogP contribution >= 0.6 is 11.8 Å². The number of thioether (sulfide) groups is 1. The molecule has 0 bridgehead atoms. The lowest BCUT2D eigenvalue weighted by Gasteiger charge is -2.13. The zero-order chi connectivity index (χ0) is 19.1. The molecule has 1 N–H and O–H groups in total. The third-order valence-electron chi connectivity index (χ3n) is 3.94. The number of aromatic nitrogens is 2. The van der Waals surface area contributed by atoms with Gasteiger partial charge in [0.1, 0.15) is 5.82 Å². The van der Waals surface area contributed by atoms with Gasteiger partial charge in [-0.05, 0) is 49.6 Å². The van der Waals surface area contributed by atoms with Gasteiger partial charge in [-0.3, -0.25) is 4.79 Å². The van der Waals surface area contributed by atoms with E-state index in [4.69, 9.17) is 4.42 Å². The lowest BCUT2D eigenvalue weighted by atomic mass is 10.1. The molecule has 0 saturated heterocycles. The molecule has 3 rings (SSSR count). The monoisotopic (exact) mass is 385 g/mol. The van der Waals surface area contributed by atoms with Gasteiger partial charge in [0.15, 0.2) is 0 Å². The molecule has 0 saturated carbocycles. The summed E-state index contributed by atoms with van der Waals surface area (Å²) >= 11 is 1.18. The molecule has 0 radical (unpaired) electrons. The SMILES string of the molecule is C[C@@H](CCc1ccccc1)NC(=O)CSc1nnc(-c2ccc(F)cc2)o1. The molecule has 0 aliphatic rings. The summed E-state index contributed by atoms with van der Waals surface area (Å²) in [5.74, 6) is 0.0860. The van der Waals surface area contributed by atoms with E-state index in [1.165, 1.54) is 29.5 Å². The number of hydrogen-bond acceptors (Lipinski definition) is 5. The number of nitrogens with one attached hydrogen (secondary N) is 1.